The molecule has 0 radical (unpaired) electrons. The zero-order chi connectivity index (χ0) is 16.5. The molecule has 4 rings (SSSR count). The van der Waals surface area contributed by atoms with Crippen LogP contribution in [-0.2, 0) is 0 Å². The van der Waals surface area contributed by atoms with Crippen LogP contribution in [0.15, 0.2) is 42.5 Å². The Morgan fingerprint density at radius 3 is 2.33 bits per heavy atom. The number of benzene rings is 2. The minimum absolute atomic E-state index is 0.226. The molecule has 0 aromatic heterocycles. The summed E-state index contributed by atoms with van der Waals surface area (Å²) in [6.07, 6.45) is 4.78. The van der Waals surface area contributed by atoms with Gasteiger partial charge in [-0.2, -0.15) is 0 Å². The molecule has 2 aromatic carbocycles. The van der Waals surface area contributed by atoms with Crippen molar-refractivity contribution in [3.8, 4) is 17.2 Å². The first-order valence-electron chi connectivity index (χ1n) is 8.31. The first kappa shape index (κ1) is 15.7. The fourth-order valence-electron chi connectivity index (χ4n) is 3.56. The van der Waals surface area contributed by atoms with Crippen molar-refractivity contribution in [2.75, 3.05) is 0 Å². The summed E-state index contributed by atoms with van der Waals surface area (Å²) in [6, 6.07) is 12.5. The van der Waals surface area contributed by atoms with Crippen molar-refractivity contribution in [2.45, 2.75) is 43.9 Å². The number of ether oxygens (including phenoxy) is 2. The van der Waals surface area contributed by atoms with Crippen molar-refractivity contribution in [3.63, 3.8) is 0 Å². The maximum absolute atomic E-state index is 13.0. The molecule has 2 fully saturated rings. The van der Waals surface area contributed by atoms with E-state index in [1.165, 1.54) is 25.0 Å². The standard InChI is InChI=1S/C19H19ClFNO2/c20-18-8-7-16(23-17-9-13-3-4-14(10-17)22-13)11-19(18)24-15-5-1-12(21)2-6-15/h1-2,5-8,11,13-14,17,22H,3-4,9-10H2. The van der Waals surface area contributed by atoms with Crippen LogP contribution in [0.4, 0.5) is 4.39 Å². The van der Waals surface area contributed by atoms with Gasteiger partial charge in [0.15, 0.2) is 0 Å². The average molecular weight is 348 g/mol. The predicted octanol–water partition coefficient (Wildman–Crippen LogP) is 4.93. The van der Waals surface area contributed by atoms with Crippen molar-refractivity contribution in [1.29, 1.82) is 0 Å². The summed E-state index contributed by atoms with van der Waals surface area (Å²) in [5.74, 6) is 1.50. The molecule has 0 saturated carbocycles. The number of piperidine rings is 1. The SMILES string of the molecule is Fc1ccc(Oc2cc(OC3CC4CCC(C3)N4)ccc2Cl)cc1. The van der Waals surface area contributed by atoms with Gasteiger partial charge < -0.3 is 14.8 Å². The third kappa shape index (κ3) is 3.50. The van der Waals surface area contributed by atoms with Gasteiger partial charge in [0.05, 0.1) is 5.02 Å². The van der Waals surface area contributed by atoms with Crippen LogP contribution in [0.2, 0.25) is 5.02 Å². The highest BCUT2D eigenvalue weighted by Crippen LogP contribution is 2.35. The summed E-state index contributed by atoms with van der Waals surface area (Å²) in [6.45, 7) is 0. The third-order valence-corrected chi connectivity index (χ3v) is 4.99. The van der Waals surface area contributed by atoms with Gasteiger partial charge in [-0.15, -0.1) is 0 Å². The van der Waals surface area contributed by atoms with E-state index in [4.69, 9.17) is 21.1 Å². The highest BCUT2D eigenvalue weighted by atomic mass is 35.5. The molecule has 0 amide bonds. The lowest BCUT2D eigenvalue weighted by Crippen LogP contribution is -2.42. The first-order valence-corrected chi connectivity index (χ1v) is 8.69. The zero-order valence-corrected chi connectivity index (χ0v) is 13.9. The van der Waals surface area contributed by atoms with Crippen molar-refractivity contribution in [3.05, 3.63) is 53.3 Å². The van der Waals surface area contributed by atoms with Crippen molar-refractivity contribution in [1.82, 2.24) is 5.32 Å². The van der Waals surface area contributed by atoms with E-state index in [0.717, 1.165) is 18.6 Å². The monoisotopic (exact) mass is 347 g/mol. The van der Waals surface area contributed by atoms with Crippen molar-refractivity contribution in [2.24, 2.45) is 0 Å². The third-order valence-electron chi connectivity index (χ3n) is 4.68. The van der Waals surface area contributed by atoms with Crippen LogP contribution in [0.1, 0.15) is 25.7 Å². The predicted molar refractivity (Wildman–Crippen MR) is 91.5 cm³/mol. The smallest absolute Gasteiger partial charge is 0.149 e. The highest BCUT2D eigenvalue weighted by Gasteiger charge is 2.34. The van der Waals surface area contributed by atoms with Crippen LogP contribution in [0.25, 0.3) is 0 Å². The molecule has 2 bridgehead atoms. The van der Waals surface area contributed by atoms with Gasteiger partial charge in [0.2, 0.25) is 0 Å². The Kier molecular flexibility index (Phi) is 4.33. The average Bonchev–Trinajstić information content (AvgIpc) is 2.91. The van der Waals surface area contributed by atoms with Crippen LogP contribution >= 0.6 is 11.6 Å². The number of halogens is 2. The molecule has 0 aliphatic carbocycles. The van der Waals surface area contributed by atoms with E-state index in [9.17, 15) is 4.39 Å². The van der Waals surface area contributed by atoms with Crippen LogP contribution in [0.3, 0.4) is 0 Å². The fraction of sp³-hybridized carbons (Fsp3) is 0.368. The molecule has 2 saturated heterocycles. The number of hydrogen-bond donors (Lipinski definition) is 1. The molecule has 0 spiro atoms. The number of nitrogens with one attached hydrogen (secondary N) is 1. The van der Waals surface area contributed by atoms with E-state index >= 15 is 0 Å². The second-order valence-electron chi connectivity index (χ2n) is 6.50. The summed E-state index contributed by atoms with van der Waals surface area (Å²) >= 11 is 6.21. The Balaban J connectivity index is 1.47. The largest absolute Gasteiger partial charge is 0.490 e. The van der Waals surface area contributed by atoms with Gasteiger partial charge in [0, 0.05) is 18.2 Å². The molecule has 3 nitrogen and oxygen atoms in total. The lowest BCUT2D eigenvalue weighted by molar-refractivity contribution is 0.137. The Morgan fingerprint density at radius 2 is 1.62 bits per heavy atom. The summed E-state index contributed by atoms with van der Waals surface area (Å²) in [5, 5.41) is 4.10. The molecule has 2 aromatic rings. The minimum Gasteiger partial charge on any atom is -0.490 e. The molecule has 2 unspecified atom stereocenters. The van der Waals surface area contributed by atoms with Crippen LogP contribution in [0.5, 0.6) is 17.2 Å². The van der Waals surface area contributed by atoms with Crippen molar-refractivity contribution < 1.29 is 13.9 Å². The summed E-state index contributed by atoms with van der Waals surface area (Å²) in [7, 11) is 0. The fourth-order valence-corrected chi connectivity index (χ4v) is 3.71. The second kappa shape index (κ2) is 6.61. The van der Waals surface area contributed by atoms with Gasteiger partial charge in [-0.05, 0) is 62.1 Å². The van der Waals surface area contributed by atoms with E-state index in [0.29, 0.717) is 28.6 Å². The molecular weight excluding hydrogens is 329 g/mol. The van der Waals surface area contributed by atoms with Crippen LogP contribution < -0.4 is 14.8 Å². The Bertz CT molecular complexity index is 710. The minimum atomic E-state index is -0.300. The molecule has 2 atom stereocenters. The topological polar surface area (TPSA) is 30.5 Å². The van der Waals surface area contributed by atoms with Gasteiger partial charge in [-0.1, -0.05) is 11.6 Å². The molecule has 2 aliphatic heterocycles. The van der Waals surface area contributed by atoms with E-state index in [-0.39, 0.29) is 11.9 Å². The first-order chi connectivity index (χ1) is 11.7. The van der Waals surface area contributed by atoms with E-state index in [2.05, 4.69) is 5.32 Å². The Hall–Kier alpha value is -1.78. The molecule has 2 aliphatic rings. The maximum Gasteiger partial charge on any atom is 0.149 e. The maximum atomic E-state index is 13.0. The van der Waals surface area contributed by atoms with Crippen LogP contribution in [-0.4, -0.2) is 18.2 Å². The van der Waals surface area contributed by atoms with Crippen LogP contribution in [0, 0.1) is 5.82 Å². The molecule has 1 N–H and O–H groups in total. The second-order valence-corrected chi connectivity index (χ2v) is 6.90. The quantitative estimate of drug-likeness (QED) is 0.850. The van der Waals surface area contributed by atoms with E-state index in [1.54, 1.807) is 24.3 Å². The Labute approximate surface area is 145 Å². The van der Waals surface area contributed by atoms with Gasteiger partial charge in [0.25, 0.3) is 0 Å². The van der Waals surface area contributed by atoms with E-state index in [1.807, 2.05) is 6.07 Å². The van der Waals surface area contributed by atoms with Crippen molar-refractivity contribution >= 4 is 11.6 Å². The lowest BCUT2D eigenvalue weighted by atomic mass is 10.0. The number of rotatable bonds is 4. The highest BCUT2D eigenvalue weighted by molar-refractivity contribution is 6.32. The van der Waals surface area contributed by atoms with Gasteiger partial charge in [0.1, 0.15) is 29.2 Å². The van der Waals surface area contributed by atoms with Gasteiger partial charge in [-0.25, -0.2) is 4.39 Å². The van der Waals surface area contributed by atoms with E-state index < -0.39 is 0 Å². The molecule has 2 heterocycles. The zero-order valence-electron chi connectivity index (χ0n) is 13.2. The summed E-state index contributed by atoms with van der Waals surface area (Å²) in [4.78, 5) is 0. The normalized spacial score (nSPS) is 25.5. The molecule has 5 heteroatoms. The molecule has 126 valence electrons. The summed E-state index contributed by atoms with van der Waals surface area (Å²) < 4.78 is 24.9. The Morgan fingerprint density at radius 1 is 0.958 bits per heavy atom. The number of fused-ring (bicyclic) bond motifs is 2. The number of hydrogen-bond acceptors (Lipinski definition) is 3. The molecular formula is C19H19ClFNO2. The van der Waals surface area contributed by atoms with Gasteiger partial charge in [-0.3, -0.25) is 0 Å². The van der Waals surface area contributed by atoms with Gasteiger partial charge >= 0.3 is 0 Å². The lowest BCUT2D eigenvalue weighted by Gasteiger charge is -2.29. The molecule has 24 heavy (non-hydrogen) atoms. The summed E-state index contributed by atoms with van der Waals surface area (Å²) in [5.41, 5.74) is 0.